The molecular weight excluding hydrogens is 242 g/mol. The molecule has 3 heterocycles. The third-order valence-corrected chi connectivity index (χ3v) is 2.71. The van der Waals surface area contributed by atoms with Gasteiger partial charge < -0.3 is 15.9 Å². The number of anilines is 2. The van der Waals surface area contributed by atoms with E-state index in [1.54, 1.807) is 24.7 Å². The highest BCUT2D eigenvalue weighted by molar-refractivity contribution is 5.82. The van der Waals surface area contributed by atoms with Gasteiger partial charge in [0.15, 0.2) is 0 Å². The van der Waals surface area contributed by atoms with Crippen molar-refractivity contribution in [3.05, 3.63) is 43.1 Å². The van der Waals surface area contributed by atoms with Crippen LogP contribution in [0.25, 0.3) is 22.7 Å². The molecule has 3 aromatic rings. The van der Waals surface area contributed by atoms with E-state index >= 15 is 0 Å². The van der Waals surface area contributed by atoms with Gasteiger partial charge in [-0.15, -0.1) is 0 Å². The second kappa shape index (κ2) is 4.41. The van der Waals surface area contributed by atoms with Crippen LogP contribution in [0, 0.1) is 0 Å². The van der Waals surface area contributed by atoms with Crippen LogP contribution in [0.3, 0.4) is 0 Å². The molecule has 0 aliphatic rings. The summed E-state index contributed by atoms with van der Waals surface area (Å²) in [7, 11) is 0. The predicted molar refractivity (Wildman–Crippen MR) is 71.8 cm³/mol. The van der Waals surface area contributed by atoms with Crippen LogP contribution in [0.4, 0.5) is 11.5 Å². The number of rotatable bonds is 2. The van der Waals surface area contributed by atoms with Crippen LogP contribution in [0.1, 0.15) is 0 Å². The molecule has 0 unspecified atom stereocenters. The molecular formula is C13H11N5O. The number of nitrogens with two attached hydrogens (primary N) is 2. The molecule has 19 heavy (non-hydrogen) atoms. The minimum absolute atomic E-state index is 0.256. The summed E-state index contributed by atoms with van der Waals surface area (Å²) in [5, 5.41) is 0. The Labute approximate surface area is 109 Å². The lowest BCUT2D eigenvalue weighted by molar-refractivity contribution is 0.572. The van der Waals surface area contributed by atoms with Gasteiger partial charge in [-0.1, -0.05) is 0 Å². The summed E-state index contributed by atoms with van der Waals surface area (Å²) in [6, 6.07) is 5.48. The van der Waals surface area contributed by atoms with E-state index in [0.717, 1.165) is 11.1 Å². The average molecular weight is 253 g/mol. The molecule has 0 spiro atoms. The van der Waals surface area contributed by atoms with E-state index in [2.05, 4.69) is 15.0 Å². The van der Waals surface area contributed by atoms with Gasteiger partial charge in [0.1, 0.15) is 17.8 Å². The van der Waals surface area contributed by atoms with Crippen molar-refractivity contribution in [1.82, 2.24) is 15.0 Å². The summed E-state index contributed by atoms with van der Waals surface area (Å²) in [6.07, 6.45) is 6.43. The van der Waals surface area contributed by atoms with Gasteiger partial charge in [0.2, 0.25) is 5.89 Å². The van der Waals surface area contributed by atoms with Crippen LogP contribution in [0.15, 0.2) is 47.5 Å². The SMILES string of the molecule is Nc1cc(-c2ccncc2)c(-c2ncco2)nc1N. The summed E-state index contributed by atoms with van der Waals surface area (Å²) in [5.41, 5.74) is 14.3. The van der Waals surface area contributed by atoms with Gasteiger partial charge in [-0.3, -0.25) is 4.98 Å². The van der Waals surface area contributed by atoms with Crippen LogP contribution in [-0.2, 0) is 0 Å². The van der Waals surface area contributed by atoms with Crippen LogP contribution in [-0.4, -0.2) is 15.0 Å². The van der Waals surface area contributed by atoms with Crippen molar-refractivity contribution in [2.75, 3.05) is 11.5 Å². The van der Waals surface area contributed by atoms with Crippen LogP contribution in [0.5, 0.6) is 0 Å². The van der Waals surface area contributed by atoms with Gasteiger partial charge in [-0.25, -0.2) is 9.97 Å². The lowest BCUT2D eigenvalue weighted by atomic mass is 10.0. The van der Waals surface area contributed by atoms with Gasteiger partial charge in [0, 0.05) is 18.0 Å². The topological polar surface area (TPSA) is 104 Å². The third kappa shape index (κ3) is 1.99. The lowest BCUT2D eigenvalue weighted by Gasteiger charge is -2.09. The number of oxazole rings is 1. The molecule has 3 rings (SSSR count). The Kier molecular flexibility index (Phi) is 2.60. The molecule has 0 fully saturated rings. The highest BCUT2D eigenvalue weighted by atomic mass is 16.3. The van der Waals surface area contributed by atoms with Crippen molar-refractivity contribution < 1.29 is 4.42 Å². The minimum atomic E-state index is 0.256. The standard InChI is InChI=1S/C13H11N5O/c14-10-7-9(8-1-3-16-4-2-8)11(18-12(10)15)13-17-5-6-19-13/h1-7H,14H2,(H2,15,18). The Morgan fingerprint density at radius 1 is 1.05 bits per heavy atom. The number of nitrogen functional groups attached to an aromatic ring is 2. The zero-order chi connectivity index (χ0) is 13.2. The van der Waals surface area contributed by atoms with Crippen LogP contribution < -0.4 is 11.5 Å². The number of hydrogen-bond acceptors (Lipinski definition) is 6. The van der Waals surface area contributed by atoms with Crippen molar-refractivity contribution in [3.63, 3.8) is 0 Å². The Morgan fingerprint density at radius 3 is 2.53 bits per heavy atom. The highest BCUT2D eigenvalue weighted by Crippen LogP contribution is 2.32. The number of nitrogens with zero attached hydrogens (tertiary/aromatic N) is 3. The van der Waals surface area contributed by atoms with Gasteiger partial charge in [-0.05, 0) is 23.8 Å². The summed E-state index contributed by atoms with van der Waals surface area (Å²) < 4.78 is 5.29. The van der Waals surface area contributed by atoms with Crippen molar-refractivity contribution in [1.29, 1.82) is 0 Å². The smallest absolute Gasteiger partial charge is 0.245 e. The van der Waals surface area contributed by atoms with Gasteiger partial charge in [0.05, 0.1) is 11.9 Å². The van der Waals surface area contributed by atoms with E-state index in [-0.39, 0.29) is 5.82 Å². The minimum Gasteiger partial charge on any atom is -0.443 e. The van der Waals surface area contributed by atoms with Crippen molar-refractivity contribution in [2.24, 2.45) is 0 Å². The van der Waals surface area contributed by atoms with E-state index < -0.39 is 0 Å². The molecule has 0 bridgehead atoms. The Hall–Kier alpha value is -2.89. The summed E-state index contributed by atoms with van der Waals surface area (Å²) in [5.74, 6) is 0.657. The molecule has 0 radical (unpaired) electrons. The predicted octanol–water partition coefficient (Wildman–Crippen LogP) is 1.96. The third-order valence-electron chi connectivity index (χ3n) is 2.71. The Morgan fingerprint density at radius 2 is 1.84 bits per heavy atom. The molecule has 0 atom stereocenters. The zero-order valence-corrected chi connectivity index (χ0v) is 9.95. The first kappa shape index (κ1) is 11.2. The fourth-order valence-corrected chi connectivity index (χ4v) is 1.80. The molecule has 0 aromatic carbocycles. The van der Waals surface area contributed by atoms with Gasteiger partial charge in [0.25, 0.3) is 0 Å². The van der Waals surface area contributed by atoms with Crippen molar-refractivity contribution >= 4 is 11.5 Å². The van der Waals surface area contributed by atoms with Gasteiger partial charge >= 0.3 is 0 Å². The maximum atomic E-state index is 5.83. The second-order valence-electron chi connectivity index (χ2n) is 3.93. The molecule has 4 N–H and O–H groups in total. The number of pyridine rings is 2. The first-order chi connectivity index (χ1) is 9.25. The maximum Gasteiger partial charge on any atom is 0.245 e. The number of aromatic nitrogens is 3. The van der Waals surface area contributed by atoms with Crippen LogP contribution in [0.2, 0.25) is 0 Å². The first-order valence-corrected chi connectivity index (χ1v) is 5.62. The molecule has 3 aromatic heterocycles. The second-order valence-corrected chi connectivity index (χ2v) is 3.93. The maximum absolute atomic E-state index is 5.83. The summed E-state index contributed by atoms with van der Waals surface area (Å²) >= 11 is 0. The lowest BCUT2D eigenvalue weighted by Crippen LogP contribution is -2.01. The van der Waals surface area contributed by atoms with E-state index in [1.807, 2.05) is 12.1 Å². The molecule has 0 aliphatic carbocycles. The summed E-state index contributed by atoms with van der Waals surface area (Å²) in [4.78, 5) is 12.4. The van der Waals surface area contributed by atoms with E-state index in [0.29, 0.717) is 17.3 Å². The van der Waals surface area contributed by atoms with Crippen molar-refractivity contribution in [3.8, 4) is 22.7 Å². The highest BCUT2D eigenvalue weighted by Gasteiger charge is 2.15. The molecule has 0 saturated carbocycles. The number of hydrogen-bond donors (Lipinski definition) is 2. The zero-order valence-electron chi connectivity index (χ0n) is 9.95. The van der Waals surface area contributed by atoms with E-state index in [4.69, 9.17) is 15.9 Å². The summed E-state index contributed by atoms with van der Waals surface area (Å²) in [6.45, 7) is 0. The molecule has 94 valence electrons. The fourth-order valence-electron chi connectivity index (χ4n) is 1.80. The normalized spacial score (nSPS) is 10.5. The van der Waals surface area contributed by atoms with E-state index in [9.17, 15) is 0 Å². The molecule has 6 nitrogen and oxygen atoms in total. The Bertz CT molecular complexity index is 695. The average Bonchev–Trinajstić information content (AvgIpc) is 2.96. The fraction of sp³-hybridized carbons (Fsp3) is 0. The molecule has 0 saturated heterocycles. The Balaban J connectivity index is 2.26. The van der Waals surface area contributed by atoms with Crippen molar-refractivity contribution in [2.45, 2.75) is 0 Å². The monoisotopic (exact) mass is 253 g/mol. The van der Waals surface area contributed by atoms with Gasteiger partial charge in [-0.2, -0.15) is 0 Å². The van der Waals surface area contributed by atoms with Crippen LogP contribution >= 0.6 is 0 Å². The quantitative estimate of drug-likeness (QED) is 0.723. The largest absolute Gasteiger partial charge is 0.443 e. The van der Waals surface area contributed by atoms with E-state index in [1.165, 1.54) is 6.26 Å². The molecule has 6 heteroatoms. The molecule has 0 amide bonds. The first-order valence-electron chi connectivity index (χ1n) is 5.62. The molecule has 0 aliphatic heterocycles.